The maximum Gasteiger partial charge on any atom is 0.351 e. The molecule has 0 spiro atoms. The quantitative estimate of drug-likeness (QED) is 0.0312. The minimum atomic E-state index is -0.893. The molecular weight excluding hydrogens is 580 g/mol. The van der Waals surface area contributed by atoms with Crippen LogP contribution in [0.3, 0.4) is 0 Å². The van der Waals surface area contributed by atoms with Crippen molar-refractivity contribution >= 4 is 23.7 Å². The first-order chi connectivity index (χ1) is 22.5. The van der Waals surface area contributed by atoms with Gasteiger partial charge >= 0.3 is 11.9 Å². The number of hydrogen-bond acceptors (Lipinski definition) is 6. The summed E-state index contributed by atoms with van der Waals surface area (Å²) in [4.78, 5) is 38.3. The zero-order valence-electron chi connectivity index (χ0n) is 24.4. The average Bonchev–Trinajstić information content (AvgIpc) is 3.48. The number of carbonyl (C=O) groups excluding carboxylic acids is 2. The average molecular weight is 607 g/mol. The van der Waals surface area contributed by atoms with Crippen LogP contribution in [0.15, 0.2) is 157 Å². The van der Waals surface area contributed by atoms with Crippen LogP contribution in [-0.2, 0) is 9.59 Å². The van der Waals surface area contributed by atoms with E-state index < -0.39 is 16.9 Å². The van der Waals surface area contributed by atoms with Crippen molar-refractivity contribution in [3.05, 3.63) is 173 Å². The van der Waals surface area contributed by atoms with Gasteiger partial charge in [0.15, 0.2) is 0 Å². The monoisotopic (exact) mass is 606 g/mol. The van der Waals surface area contributed by atoms with Gasteiger partial charge in [-0.3, -0.25) is 10.1 Å². The summed E-state index contributed by atoms with van der Waals surface area (Å²) in [5.41, 5.74) is 3.78. The number of para-hydroxylation sites is 2. The fraction of sp³-hybridized carbons (Fsp3) is 0. The van der Waals surface area contributed by atoms with Crippen molar-refractivity contribution in [2.45, 2.75) is 0 Å². The van der Waals surface area contributed by atoms with Gasteiger partial charge in [-0.25, -0.2) is 9.59 Å². The number of nitro benzene ring substituents is 1. The van der Waals surface area contributed by atoms with Gasteiger partial charge < -0.3 is 14.0 Å². The highest BCUT2D eigenvalue weighted by Crippen LogP contribution is 2.38. The molecule has 8 heteroatoms. The molecule has 8 nitrogen and oxygen atoms in total. The minimum Gasteiger partial charge on any atom is -0.423 e. The Balaban J connectivity index is 1.58. The molecule has 0 atom stereocenters. The van der Waals surface area contributed by atoms with E-state index in [1.54, 1.807) is 72.8 Å². The van der Waals surface area contributed by atoms with Gasteiger partial charge in [0.05, 0.1) is 16.3 Å². The Morgan fingerprint density at radius 1 is 0.609 bits per heavy atom. The van der Waals surface area contributed by atoms with Crippen LogP contribution in [0.2, 0.25) is 0 Å². The molecule has 0 saturated heterocycles. The molecule has 0 fully saturated rings. The molecule has 0 radical (unpaired) electrons. The van der Waals surface area contributed by atoms with Gasteiger partial charge in [0.1, 0.15) is 17.1 Å². The van der Waals surface area contributed by atoms with Crippen LogP contribution < -0.4 is 9.47 Å². The standard InChI is InChI=1S/C38H26N2O6/c41-37(45-32-17-9-3-10-18-32)34(38(42)46-33-19-11-4-12-20-33)25-29-26-35(27-13-5-1-6-14-27)39(36(29)28-15-7-2-8-16-28)30-21-23-31(24-22-30)40(43)44/h1-26H. The van der Waals surface area contributed by atoms with Gasteiger partial charge in [0.2, 0.25) is 0 Å². The largest absolute Gasteiger partial charge is 0.423 e. The number of non-ortho nitro benzene ring substituents is 1. The van der Waals surface area contributed by atoms with Crippen LogP contribution in [0, 0.1) is 10.1 Å². The van der Waals surface area contributed by atoms with E-state index in [1.165, 1.54) is 18.2 Å². The molecule has 1 aromatic heterocycles. The first-order valence-electron chi connectivity index (χ1n) is 14.4. The number of hydrogen-bond donors (Lipinski definition) is 0. The van der Waals surface area contributed by atoms with Gasteiger partial charge in [0.25, 0.3) is 5.69 Å². The first-order valence-corrected chi connectivity index (χ1v) is 14.4. The van der Waals surface area contributed by atoms with Crippen LogP contribution >= 0.6 is 0 Å². The van der Waals surface area contributed by atoms with Crippen LogP contribution in [0.25, 0.3) is 34.3 Å². The summed E-state index contributed by atoms with van der Waals surface area (Å²) >= 11 is 0. The summed E-state index contributed by atoms with van der Waals surface area (Å²) in [6, 6.07) is 44.1. The topological polar surface area (TPSA) is 101 Å². The number of ether oxygens (including phenoxy) is 2. The summed E-state index contributed by atoms with van der Waals surface area (Å²) in [5, 5.41) is 11.4. The zero-order chi connectivity index (χ0) is 31.9. The van der Waals surface area contributed by atoms with Crippen molar-refractivity contribution in [2.75, 3.05) is 0 Å². The van der Waals surface area contributed by atoms with Crippen molar-refractivity contribution in [1.29, 1.82) is 0 Å². The van der Waals surface area contributed by atoms with E-state index >= 15 is 0 Å². The van der Waals surface area contributed by atoms with E-state index in [0.29, 0.717) is 16.9 Å². The number of rotatable bonds is 9. The summed E-state index contributed by atoms with van der Waals surface area (Å²) in [5.74, 6) is -1.25. The van der Waals surface area contributed by atoms with E-state index in [9.17, 15) is 19.7 Å². The second-order valence-electron chi connectivity index (χ2n) is 10.1. The predicted octanol–water partition coefficient (Wildman–Crippen LogP) is 8.31. The lowest BCUT2D eigenvalue weighted by molar-refractivity contribution is -0.384. The lowest BCUT2D eigenvalue weighted by Crippen LogP contribution is -2.22. The molecule has 0 bridgehead atoms. The fourth-order valence-electron chi connectivity index (χ4n) is 5.00. The molecule has 1 heterocycles. The van der Waals surface area contributed by atoms with Gasteiger partial charge in [-0.1, -0.05) is 97.1 Å². The number of carbonyl (C=O) groups is 2. The first kappa shape index (κ1) is 29.5. The van der Waals surface area contributed by atoms with E-state index in [4.69, 9.17) is 9.47 Å². The Hall–Kier alpha value is -6.54. The van der Waals surface area contributed by atoms with E-state index in [2.05, 4.69) is 0 Å². The van der Waals surface area contributed by atoms with Crippen molar-refractivity contribution in [2.24, 2.45) is 0 Å². The molecule has 6 aromatic rings. The third-order valence-corrected chi connectivity index (χ3v) is 7.11. The van der Waals surface area contributed by atoms with Gasteiger partial charge in [-0.05, 0) is 59.7 Å². The highest BCUT2D eigenvalue weighted by molar-refractivity contribution is 6.19. The number of nitrogens with zero attached hydrogens (tertiary/aromatic N) is 2. The number of benzene rings is 5. The smallest absolute Gasteiger partial charge is 0.351 e. The fourth-order valence-corrected chi connectivity index (χ4v) is 5.00. The zero-order valence-corrected chi connectivity index (χ0v) is 24.4. The van der Waals surface area contributed by atoms with Crippen LogP contribution in [-0.4, -0.2) is 21.4 Å². The number of esters is 2. The summed E-state index contributed by atoms with van der Waals surface area (Å²) in [6.45, 7) is 0. The van der Waals surface area contributed by atoms with E-state index in [1.807, 2.05) is 71.3 Å². The molecule has 0 aliphatic heterocycles. The van der Waals surface area contributed by atoms with E-state index in [0.717, 1.165) is 16.8 Å². The molecule has 224 valence electrons. The molecule has 0 N–H and O–H groups in total. The second-order valence-corrected chi connectivity index (χ2v) is 10.1. The Kier molecular flexibility index (Phi) is 8.60. The maximum atomic E-state index is 13.7. The maximum absolute atomic E-state index is 13.7. The Bertz CT molecular complexity index is 1960. The third-order valence-electron chi connectivity index (χ3n) is 7.11. The highest BCUT2D eigenvalue weighted by atomic mass is 16.6. The second kappa shape index (κ2) is 13.4. The van der Waals surface area contributed by atoms with Gasteiger partial charge in [-0.2, -0.15) is 0 Å². The molecule has 6 rings (SSSR count). The van der Waals surface area contributed by atoms with Crippen LogP contribution in [0.1, 0.15) is 5.56 Å². The van der Waals surface area contributed by atoms with Crippen molar-refractivity contribution < 1.29 is 24.0 Å². The molecular formula is C38H26N2O6. The molecule has 0 unspecified atom stereocenters. The SMILES string of the molecule is O=C(Oc1ccccc1)C(=Cc1cc(-c2ccccc2)n(-c2ccc([N+](=O)[O-])cc2)c1-c1ccccc1)C(=O)Oc1ccccc1. The van der Waals surface area contributed by atoms with Crippen LogP contribution in [0.4, 0.5) is 5.69 Å². The van der Waals surface area contributed by atoms with Crippen molar-refractivity contribution in [3.8, 4) is 39.7 Å². The summed E-state index contributed by atoms with van der Waals surface area (Å²) in [6.07, 6.45) is 1.47. The lowest BCUT2D eigenvalue weighted by Gasteiger charge is -2.15. The minimum absolute atomic E-state index is 0.0480. The molecule has 46 heavy (non-hydrogen) atoms. The normalized spacial score (nSPS) is 10.5. The van der Waals surface area contributed by atoms with E-state index in [-0.39, 0.29) is 22.8 Å². The molecule has 0 aliphatic rings. The third kappa shape index (κ3) is 6.51. The molecule has 0 amide bonds. The van der Waals surface area contributed by atoms with Gasteiger partial charge in [0, 0.05) is 23.4 Å². The number of nitro groups is 1. The molecule has 0 saturated carbocycles. The molecule has 0 aliphatic carbocycles. The Labute approximate surface area is 264 Å². The Morgan fingerprint density at radius 2 is 1.07 bits per heavy atom. The summed E-state index contributed by atoms with van der Waals surface area (Å²) < 4.78 is 13.2. The highest BCUT2D eigenvalue weighted by Gasteiger charge is 2.26. The summed E-state index contributed by atoms with van der Waals surface area (Å²) in [7, 11) is 0. The van der Waals surface area contributed by atoms with Crippen molar-refractivity contribution in [1.82, 2.24) is 4.57 Å². The van der Waals surface area contributed by atoms with Gasteiger partial charge in [-0.15, -0.1) is 0 Å². The van der Waals surface area contributed by atoms with Crippen molar-refractivity contribution in [3.63, 3.8) is 0 Å². The van der Waals surface area contributed by atoms with Crippen LogP contribution in [0.5, 0.6) is 11.5 Å². The predicted molar refractivity (Wildman–Crippen MR) is 175 cm³/mol. The number of aromatic nitrogens is 1. The molecule has 5 aromatic carbocycles. The Morgan fingerprint density at radius 3 is 1.54 bits per heavy atom. The lowest BCUT2D eigenvalue weighted by atomic mass is 10.0.